The van der Waals surface area contributed by atoms with Crippen LogP contribution in [0.5, 0.6) is 0 Å². The Balaban J connectivity index is 2.12. The number of aryl methyl sites for hydroxylation is 1. The minimum Gasteiger partial charge on any atom is -0.307 e. The van der Waals surface area contributed by atoms with Gasteiger partial charge in [0.2, 0.25) is 5.91 Å². The normalized spacial score (nSPS) is 10.7. The number of nitro benzene ring substituents is 1. The number of nitrogens with zero attached hydrogens (tertiary/aromatic N) is 2. The molecule has 1 N–H and O–H groups in total. The molecule has 23 heavy (non-hydrogen) atoms. The molecule has 118 valence electrons. The van der Waals surface area contributed by atoms with Crippen molar-refractivity contribution in [2.75, 3.05) is 5.32 Å². The molecule has 0 saturated carbocycles. The number of halogens is 2. The van der Waals surface area contributed by atoms with Gasteiger partial charge in [-0.2, -0.15) is 0 Å². The van der Waals surface area contributed by atoms with Gasteiger partial charge in [-0.3, -0.25) is 14.9 Å². The molecule has 1 aromatic carbocycles. The second-order valence-electron chi connectivity index (χ2n) is 4.61. The van der Waals surface area contributed by atoms with Crippen LogP contribution >= 0.6 is 34.2 Å². The summed E-state index contributed by atoms with van der Waals surface area (Å²) in [5, 5.41) is 13.5. The highest BCUT2D eigenvalue weighted by Gasteiger charge is 2.11. The number of pyridine rings is 1. The van der Waals surface area contributed by atoms with Crippen molar-refractivity contribution in [1.82, 2.24) is 4.98 Å². The molecule has 0 bridgehead atoms. The van der Waals surface area contributed by atoms with Crippen molar-refractivity contribution >= 4 is 57.7 Å². The number of nitrogens with one attached hydrogen (secondary N) is 1. The van der Waals surface area contributed by atoms with Crippen LogP contribution < -0.4 is 5.32 Å². The molecular weight excluding hydrogens is 433 g/mol. The fraction of sp³-hybridized carbons (Fsp3) is 0.0667. The van der Waals surface area contributed by atoms with Gasteiger partial charge in [0.05, 0.1) is 4.92 Å². The molecule has 0 fully saturated rings. The lowest BCUT2D eigenvalue weighted by Crippen LogP contribution is -2.10. The number of hydrogen-bond donors (Lipinski definition) is 1. The highest BCUT2D eigenvalue weighted by atomic mass is 127. The number of anilines is 1. The maximum atomic E-state index is 11.9. The molecule has 8 heteroatoms. The first-order valence-corrected chi connectivity index (χ1v) is 7.87. The molecule has 0 aliphatic carbocycles. The summed E-state index contributed by atoms with van der Waals surface area (Å²) in [6, 6.07) is 6.21. The third kappa shape index (κ3) is 4.73. The lowest BCUT2D eigenvalue weighted by molar-refractivity contribution is -0.384. The van der Waals surface area contributed by atoms with Gasteiger partial charge in [-0.1, -0.05) is 17.7 Å². The molecule has 6 nitrogen and oxygen atoms in total. The van der Waals surface area contributed by atoms with E-state index in [-0.39, 0.29) is 16.6 Å². The molecule has 0 atom stereocenters. The second kappa shape index (κ2) is 7.51. The maximum absolute atomic E-state index is 11.9. The summed E-state index contributed by atoms with van der Waals surface area (Å²) in [7, 11) is 0. The number of amides is 1. The molecule has 0 aliphatic heterocycles. The molecule has 1 amide bonds. The monoisotopic (exact) mass is 443 g/mol. The van der Waals surface area contributed by atoms with Crippen LogP contribution in [-0.2, 0) is 4.79 Å². The molecule has 2 aromatic rings. The van der Waals surface area contributed by atoms with Crippen molar-refractivity contribution in [3.8, 4) is 0 Å². The van der Waals surface area contributed by atoms with Crippen LogP contribution in [0, 0.1) is 20.6 Å². The fourth-order valence-electron chi connectivity index (χ4n) is 1.77. The SMILES string of the molecule is Cc1cc(I)cnc1NC(=O)/C=C/c1ccc(Cl)c([N+](=O)[O-])c1. The highest BCUT2D eigenvalue weighted by Crippen LogP contribution is 2.25. The summed E-state index contributed by atoms with van der Waals surface area (Å²) in [6.45, 7) is 1.84. The quantitative estimate of drug-likeness (QED) is 0.332. The zero-order valence-corrected chi connectivity index (χ0v) is 14.8. The number of nitro groups is 1. The second-order valence-corrected chi connectivity index (χ2v) is 6.26. The van der Waals surface area contributed by atoms with Crippen LogP contribution in [0.25, 0.3) is 6.08 Å². The largest absolute Gasteiger partial charge is 0.307 e. The first kappa shape index (κ1) is 17.4. The maximum Gasteiger partial charge on any atom is 0.288 e. The molecule has 2 rings (SSSR count). The zero-order valence-electron chi connectivity index (χ0n) is 11.9. The van der Waals surface area contributed by atoms with E-state index in [1.807, 2.05) is 13.0 Å². The van der Waals surface area contributed by atoms with E-state index in [1.165, 1.54) is 24.3 Å². The van der Waals surface area contributed by atoms with Crippen molar-refractivity contribution in [3.05, 3.63) is 66.4 Å². The van der Waals surface area contributed by atoms with Gasteiger partial charge in [0.1, 0.15) is 10.8 Å². The van der Waals surface area contributed by atoms with Gasteiger partial charge < -0.3 is 5.32 Å². The smallest absolute Gasteiger partial charge is 0.288 e. The summed E-state index contributed by atoms with van der Waals surface area (Å²) < 4.78 is 0.974. The highest BCUT2D eigenvalue weighted by molar-refractivity contribution is 14.1. The lowest BCUT2D eigenvalue weighted by atomic mass is 10.2. The average Bonchev–Trinajstić information content (AvgIpc) is 2.49. The van der Waals surface area contributed by atoms with Gasteiger partial charge in [0.15, 0.2) is 0 Å². The third-order valence-corrected chi connectivity index (χ3v) is 3.79. The molecule has 0 saturated heterocycles. The molecule has 1 heterocycles. The van der Waals surface area contributed by atoms with Crippen LogP contribution in [0.15, 0.2) is 36.5 Å². The van der Waals surface area contributed by atoms with E-state index in [1.54, 1.807) is 12.3 Å². The Labute approximate surface area is 150 Å². The first-order valence-electron chi connectivity index (χ1n) is 6.42. The van der Waals surface area contributed by atoms with Crippen LogP contribution in [0.2, 0.25) is 5.02 Å². The van der Waals surface area contributed by atoms with Gasteiger partial charge in [-0.25, -0.2) is 4.98 Å². The van der Waals surface area contributed by atoms with Gasteiger partial charge in [-0.15, -0.1) is 0 Å². The van der Waals surface area contributed by atoms with Gasteiger partial charge >= 0.3 is 0 Å². The van der Waals surface area contributed by atoms with E-state index in [0.717, 1.165) is 9.13 Å². The van der Waals surface area contributed by atoms with Gasteiger partial charge in [0, 0.05) is 21.9 Å². The molecule has 0 unspecified atom stereocenters. The minimum atomic E-state index is -0.571. The Hall–Kier alpha value is -2.00. The van der Waals surface area contributed by atoms with E-state index in [0.29, 0.717) is 11.4 Å². The average molecular weight is 444 g/mol. The van der Waals surface area contributed by atoms with Crippen molar-refractivity contribution in [3.63, 3.8) is 0 Å². The number of aromatic nitrogens is 1. The van der Waals surface area contributed by atoms with E-state index in [9.17, 15) is 14.9 Å². The van der Waals surface area contributed by atoms with E-state index < -0.39 is 4.92 Å². The Kier molecular flexibility index (Phi) is 5.67. The summed E-state index contributed by atoms with van der Waals surface area (Å²) in [4.78, 5) is 26.3. The van der Waals surface area contributed by atoms with Crippen molar-refractivity contribution in [1.29, 1.82) is 0 Å². The van der Waals surface area contributed by atoms with Crippen molar-refractivity contribution < 1.29 is 9.72 Å². The summed E-state index contributed by atoms with van der Waals surface area (Å²) in [5.74, 6) is 0.0987. The Morgan fingerprint density at radius 1 is 1.43 bits per heavy atom. The molecule has 0 spiro atoms. The molecular formula is C15H11ClIN3O3. The topological polar surface area (TPSA) is 85.1 Å². The minimum absolute atomic E-state index is 0.0512. The number of rotatable bonds is 4. The fourth-order valence-corrected chi connectivity index (χ4v) is 2.57. The molecule has 0 aliphatic rings. The number of hydrogen-bond acceptors (Lipinski definition) is 4. The van der Waals surface area contributed by atoms with Crippen molar-refractivity contribution in [2.45, 2.75) is 6.92 Å². The summed E-state index contributed by atoms with van der Waals surface area (Å²) >= 11 is 7.87. The number of carbonyl (C=O) groups is 1. The van der Waals surface area contributed by atoms with E-state index in [2.05, 4.69) is 32.9 Å². The summed E-state index contributed by atoms with van der Waals surface area (Å²) in [6.07, 6.45) is 4.40. The first-order chi connectivity index (χ1) is 10.9. The van der Waals surface area contributed by atoms with Crippen LogP contribution in [0.3, 0.4) is 0 Å². The van der Waals surface area contributed by atoms with Crippen LogP contribution in [-0.4, -0.2) is 15.8 Å². The van der Waals surface area contributed by atoms with E-state index in [4.69, 9.17) is 11.6 Å². The number of carbonyl (C=O) groups excluding carboxylic acids is 1. The Morgan fingerprint density at radius 3 is 2.83 bits per heavy atom. The molecule has 0 radical (unpaired) electrons. The Morgan fingerprint density at radius 2 is 2.17 bits per heavy atom. The zero-order chi connectivity index (χ0) is 17.0. The number of benzene rings is 1. The Bertz CT molecular complexity index is 809. The van der Waals surface area contributed by atoms with Crippen molar-refractivity contribution in [2.24, 2.45) is 0 Å². The predicted octanol–water partition coefficient (Wildman–Crippen LogP) is 4.21. The predicted molar refractivity (Wildman–Crippen MR) is 97.5 cm³/mol. The summed E-state index contributed by atoms with van der Waals surface area (Å²) in [5.41, 5.74) is 1.15. The van der Waals surface area contributed by atoms with Crippen LogP contribution in [0.1, 0.15) is 11.1 Å². The van der Waals surface area contributed by atoms with Gasteiger partial charge in [-0.05, 0) is 58.9 Å². The van der Waals surface area contributed by atoms with Gasteiger partial charge in [0.25, 0.3) is 5.69 Å². The third-order valence-electron chi connectivity index (χ3n) is 2.88. The lowest BCUT2D eigenvalue weighted by Gasteiger charge is -2.05. The molecule has 1 aromatic heterocycles. The van der Waals surface area contributed by atoms with E-state index >= 15 is 0 Å². The van der Waals surface area contributed by atoms with Crippen LogP contribution in [0.4, 0.5) is 11.5 Å². The standard InChI is InChI=1S/C15H11ClIN3O3/c1-9-6-11(17)8-18-15(9)19-14(21)5-3-10-2-4-12(16)13(7-10)20(22)23/h2-8H,1H3,(H,18,19,21)/b5-3+.